The number of anilines is 2. The average molecular weight is 353 g/mol. The van der Waals surface area contributed by atoms with Crippen molar-refractivity contribution in [2.24, 2.45) is 0 Å². The lowest BCUT2D eigenvalue weighted by molar-refractivity contribution is -0.384. The third-order valence-corrected chi connectivity index (χ3v) is 4.37. The second-order valence-electron chi connectivity index (χ2n) is 5.19. The first-order valence-corrected chi connectivity index (χ1v) is 7.85. The quantitative estimate of drug-likeness (QED) is 0.623. The second-order valence-corrected chi connectivity index (χ2v) is 6.03. The summed E-state index contributed by atoms with van der Waals surface area (Å²) in [5.74, 6) is 0. The Balaban J connectivity index is 1.77. The van der Waals surface area contributed by atoms with Gasteiger partial charge in [0.15, 0.2) is 0 Å². The molecule has 0 saturated carbocycles. The van der Waals surface area contributed by atoms with E-state index in [-0.39, 0.29) is 5.69 Å². The zero-order chi connectivity index (χ0) is 16.4. The molecule has 2 aromatic rings. The molecule has 3 rings (SSSR count). The zero-order valence-electron chi connectivity index (χ0n) is 12.2. The molecule has 1 fully saturated rings. The molecule has 0 amide bonds. The minimum Gasteiger partial charge on any atom is -0.367 e. The summed E-state index contributed by atoms with van der Waals surface area (Å²) in [6.45, 7) is 2.79. The summed E-state index contributed by atoms with van der Waals surface area (Å²) in [5.41, 5.74) is 1.57. The Hall–Kier alpha value is -2.05. The molecule has 1 aliphatic rings. The van der Waals surface area contributed by atoms with E-state index in [0.717, 1.165) is 18.8 Å². The van der Waals surface area contributed by atoms with Gasteiger partial charge in [0.1, 0.15) is 5.69 Å². The smallest absolute Gasteiger partial charge is 0.294 e. The lowest BCUT2D eigenvalue weighted by Gasteiger charge is -2.37. The van der Waals surface area contributed by atoms with E-state index >= 15 is 0 Å². The van der Waals surface area contributed by atoms with E-state index in [4.69, 9.17) is 23.2 Å². The monoisotopic (exact) mass is 352 g/mol. The van der Waals surface area contributed by atoms with Crippen LogP contribution in [0.4, 0.5) is 17.1 Å². The largest absolute Gasteiger partial charge is 0.367 e. The predicted octanol–water partition coefficient (Wildman–Crippen LogP) is 3.62. The predicted molar refractivity (Wildman–Crippen MR) is 91.8 cm³/mol. The molecule has 2 heterocycles. The second kappa shape index (κ2) is 6.60. The molecular weight excluding hydrogens is 339 g/mol. The Bertz CT molecular complexity index is 733. The zero-order valence-corrected chi connectivity index (χ0v) is 13.7. The SMILES string of the molecule is O=[N+]([O-])c1cc(Cl)ccc1N1CCN(c2ccncc2Cl)CC1. The lowest BCUT2D eigenvalue weighted by atomic mass is 10.2. The van der Waals surface area contributed by atoms with Crippen LogP contribution in [0.5, 0.6) is 0 Å². The van der Waals surface area contributed by atoms with Crippen LogP contribution in [0.25, 0.3) is 0 Å². The van der Waals surface area contributed by atoms with Crippen molar-refractivity contribution >= 4 is 40.3 Å². The average Bonchev–Trinajstić information content (AvgIpc) is 2.55. The summed E-state index contributed by atoms with van der Waals surface area (Å²) >= 11 is 12.0. The molecule has 0 unspecified atom stereocenters. The van der Waals surface area contributed by atoms with Gasteiger partial charge in [0.25, 0.3) is 5.69 Å². The van der Waals surface area contributed by atoms with Gasteiger partial charge < -0.3 is 9.80 Å². The third-order valence-electron chi connectivity index (χ3n) is 3.85. The molecule has 0 N–H and O–H groups in total. The highest BCUT2D eigenvalue weighted by Gasteiger charge is 2.24. The highest BCUT2D eigenvalue weighted by molar-refractivity contribution is 6.33. The van der Waals surface area contributed by atoms with Gasteiger partial charge in [-0.05, 0) is 18.2 Å². The molecule has 23 heavy (non-hydrogen) atoms. The van der Waals surface area contributed by atoms with Crippen LogP contribution in [0.1, 0.15) is 0 Å². The first-order valence-electron chi connectivity index (χ1n) is 7.09. The van der Waals surface area contributed by atoms with E-state index in [1.807, 2.05) is 11.0 Å². The molecule has 0 atom stereocenters. The molecule has 0 spiro atoms. The van der Waals surface area contributed by atoms with Gasteiger partial charge in [-0.15, -0.1) is 0 Å². The van der Waals surface area contributed by atoms with Crippen molar-refractivity contribution in [3.63, 3.8) is 0 Å². The Kier molecular flexibility index (Phi) is 4.54. The Morgan fingerprint density at radius 2 is 1.70 bits per heavy atom. The summed E-state index contributed by atoms with van der Waals surface area (Å²) < 4.78 is 0. The van der Waals surface area contributed by atoms with Crippen LogP contribution in [0.15, 0.2) is 36.7 Å². The van der Waals surface area contributed by atoms with Crippen molar-refractivity contribution in [2.75, 3.05) is 36.0 Å². The topological polar surface area (TPSA) is 62.5 Å². The molecule has 120 valence electrons. The number of halogens is 2. The van der Waals surface area contributed by atoms with E-state index in [2.05, 4.69) is 9.88 Å². The molecular formula is C15H14Cl2N4O2. The summed E-state index contributed by atoms with van der Waals surface area (Å²) in [6, 6.07) is 6.65. The maximum absolute atomic E-state index is 11.2. The maximum Gasteiger partial charge on any atom is 0.294 e. The maximum atomic E-state index is 11.2. The number of benzene rings is 1. The van der Waals surface area contributed by atoms with Gasteiger partial charge in [-0.2, -0.15) is 0 Å². The fourth-order valence-electron chi connectivity index (χ4n) is 2.72. The van der Waals surface area contributed by atoms with Crippen LogP contribution in [-0.2, 0) is 0 Å². The fraction of sp³-hybridized carbons (Fsp3) is 0.267. The van der Waals surface area contributed by atoms with Crippen molar-refractivity contribution in [2.45, 2.75) is 0 Å². The van der Waals surface area contributed by atoms with E-state index in [9.17, 15) is 10.1 Å². The van der Waals surface area contributed by atoms with Crippen LogP contribution in [0, 0.1) is 10.1 Å². The van der Waals surface area contributed by atoms with Gasteiger partial charge in [0.05, 0.1) is 15.6 Å². The van der Waals surface area contributed by atoms with Gasteiger partial charge in [0, 0.05) is 49.7 Å². The molecule has 1 aromatic carbocycles. The number of hydrogen-bond acceptors (Lipinski definition) is 5. The molecule has 1 saturated heterocycles. The van der Waals surface area contributed by atoms with E-state index in [1.165, 1.54) is 6.07 Å². The van der Waals surface area contributed by atoms with Crippen molar-refractivity contribution in [1.82, 2.24) is 4.98 Å². The summed E-state index contributed by atoms with van der Waals surface area (Å²) in [4.78, 5) is 19.0. The number of aromatic nitrogens is 1. The Labute approximate surface area is 143 Å². The number of rotatable bonds is 3. The summed E-state index contributed by atoms with van der Waals surface area (Å²) in [6.07, 6.45) is 3.32. The first kappa shape index (κ1) is 15.8. The number of nitro benzene ring substituents is 1. The van der Waals surface area contributed by atoms with Gasteiger partial charge >= 0.3 is 0 Å². The van der Waals surface area contributed by atoms with Crippen LogP contribution < -0.4 is 9.80 Å². The molecule has 1 aromatic heterocycles. The molecule has 0 aliphatic carbocycles. The molecule has 0 radical (unpaired) electrons. The number of pyridine rings is 1. The van der Waals surface area contributed by atoms with Crippen molar-refractivity contribution in [1.29, 1.82) is 0 Å². The van der Waals surface area contributed by atoms with Gasteiger partial charge in [-0.3, -0.25) is 15.1 Å². The highest BCUT2D eigenvalue weighted by atomic mass is 35.5. The van der Waals surface area contributed by atoms with Crippen molar-refractivity contribution < 1.29 is 4.92 Å². The van der Waals surface area contributed by atoms with Gasteiger partial charge in [-0.1, -0.05) is 23.2 Å². The van der Waals surface area contributed by atoms with E-state index in [1.54, 1.807) is 24.5 Å². The van der Waals surface area contributed by atoms with Crippen LogP contribution >= 0.6 is 23.2 Å². The molecule has 1 aliphatic heterocycles. The van der Waals surface area contributed by atoms with Crippen LogP contribution in [-0.4, -0.2) is 36.1 Å². The lowest BCUT2D eigenvalue weighted by Crippen LogP contribution is -2.46. The number of piperazine rings is 1. The fourth-order valence-corrected chi connectivity index (χ4v) is 3.13. The van der Waals surface area contributed by atoms with E-state index < -0.39 is 4.92 Å². The minimum absolute atomic E-state index is 0.0351. The number of nitrogens with zero attached hydrogens (tertiary/aromatic N) is 4. The van der Waals surface area contributed by atoms with Crippen molar-refractivity contribution in [3.05, 3.63) is 56.8 Å². The van der Waals surface area contributed by atoms with E-state index in [0.29, 0.717) is 28.8 Å². The highest BCUT2D eigenvalue weighted by Crippen LogP contribution is 2.33. The third kappa shape index (κ3) is 3.33. The van der Waals surface area contributed by atoms with Crippen LogP contribution in [0.3, 0.4) is 0 Å². The molecule has 6 nitrogen and oxygen atoms in total. The number of hydrogen-bond donors (Lipinski definition) is 0. The first-order chi connectivity index (χ1) is 11.1. The summed E-state index contributed by atoms with van der Waals surface area (Å²) in [7, 11) is 0. The normalized spacial score (nSPS) is 14.9. The van der Waals surface area contributed by atoms with Gasteiger partial charge in [-0.25, -0.2) is 0 Å². The van der Waals surface area contributed by atoms with Crippen LogP contribution in [0.2, 0.25) is 10.0 Å². The van der Waals surface area contributed by atoms with Gasteiger partial charge in [0.2, 0.25) is 0 Å². The standard InChI is InChI=1S/C15H14Cl2N4O2/c16-11-1-2-14(15(9-11)21(22)23)20-7-5-19(6-8-20)13-3-4-18-10-12(13)17/h1-4,9-10H,5-8H2. The van der Waals surface area contributed by atoms with Crippen molar-refractivity contribution in [3.8, 4) is 0 Å². The number of nitro groups is 1. The Morgan fingerprint density at radius 3 is 2.30 bits per heavy atom. The summed E-state index contributed by atoms with van der Waals surface area (Å²) in [5, 5.41) is 12.2. The molecule has 0 bridgehead atoms. The Morgan fingerprint density at radius 1 is 1.04 bits per heavy atom. The minimum atomic E-state index is -0.396. The molecule has 8 heteroatoms.